The van der Waals surface area contributed by atoms with Crippen LogP contribution in [-0.2, 0) is 4.74 Å². The Balaban J connectivity index is 1.87. The molecule has 0 aliphatic carbocycles. The number of aryl methyl sites for hydroxylation is 2. The van der Waals surface area contributed by atoms with Crippen molar-refractivity contribution in [2.75, 3.05) is 11.9 Å². The van der Waals surface area contributed by atoms with Gasteiger partial charge >= 0.3 is 5.97 Å². The first-order chi connectivity index (χ1) is 14.6. The van der Waals surface area contributed by atoms with Crippen LogP contribution in [-0.4, -0.2) is 17.0 Å². The average Bonchev–Trinajstić information content (AvgIpc) is 3.12. The third-order valence-electron chi connectivity index (χ3n) is 5.16. The summed E-state index contributed by atoms with van der Waals surface area (Å²) in [6.45, 7) is 6.37. The molecule has 0 amide bonds. The fourth-order valence-electron chi connectivity index (χ4n) is 3.97. The van der Waals surface area contributed by atoms with Crippen molar-refractivity contribution in [3.8, 4) is 0 Å². The summed E-state index contributed by atoms with van der Waals surface area (Å²) in [5.41, 5.74) is 6.98. The highest BCUT2D eigenvalue weighted by atomic mass is 16.5. The molecule has 4 nitrogen and oxygen atoms in total. The molecule has 2 aromatic heterocycles. The van der Waals surface area contributed by atoms with E-state index in [0.29, 0.717) is 12.2 Å². The quantitative estimate of drug-likeness (QED) is 0.409. The summed E-state index contributed by atoms with van der Waals surface area (Å²) in [5, 5.41) is 3.70. The summed E-state index contributed by atoms with van der Waals surface area (Å²) in [5.74, 6) is -0.300. The Bertz CT molecular complexity index is 1160. The van der Waals surface area contributed by atoms with Crippen molar-refractivity contribution in [2.24, 2.45) is 0 Å². The molecule has 2 aromatic carbocycles. The molecule has 4 rings (SSSR count). The van der Waals surface area contributed by atoms with Crippen LogP contribution in [0.4, 0.5) is 5.69 Å². The summed E-state index contributed by atoms with van der Waals surface area (Å²) in [7, 11) is 0. The molecule has 0 saturated carbocycles. The van der Waals surface area contributed by atoms with Crippen LogP contribution in [0, 0.1) is 13.8 Å². The number of carbonyl (C=O) groups is 1. The van der Waals surface area contributed by atoms with E-state index in [4.69, 9.17) is 4.74 Å². The van der Waals surface area contributed by atoms with Crippen molar-refractivity contribution < 1.29 is 9.53 Å². The van der Waals surface area contributed by atoms with Gasteiger partial charge in [0, 0.05) is 11.9 Å². The SMILES string of the molecule is CCOC(=O)c1cc([C@@H](Nc2cc(C)cc(C)c2)c2ccccc2)n2ccccc12. The predicted octanol–water partition coefficient (Wildman–Crippen LogP) is 5.93. The third kappa shape index (κ3) is 3.94. The molecule has 0 bridgehead atoms. The molecule has 0 unspecified atom stereocenters. The Morgan fingerprint density at radius 1 is 0.967 bits per heavy atom. The van der Waals surface area contributed by atoms with E-state index < -0.39 is 0 Å². The molecule has 4 heteroatoms. The van der Waals surface area contributed by atoms with Gasteiger partial charge in [0.1, 0.15) is 0 Å². The number of fused-ring (bicyclic) bond motifs is 1. The molecule has 152 valence electrons. The van der Waals surface area contributed by atoms with Crippen molar-refractivity contribution in [2.45, 2.75) is 26.8 Å². The molecular weight excluding hydrogens is 372 g/mol. The second-order valence-electron chi connectivity index (χ2n) is 7.52. The molecule has 0 spiro atoms. The molecule has 0 aliphatic heterocycles. The summed E-state index contributed by atoms with van der Waals surface area (Å²) in [6, 6.07) is 24.4. The van der Waals surface area contributed by atoms with Crippen LogP contribution >= 0.6 is 0 Å². The number of carbonyl (C=O) groups excluding carboxylic acids is 1. The second-order valence-corrected chi connectivity index (χ2v) is 7.52. The number of pyridine rings is 1. The second kappa shape index (κ2) is 8.46. The molecule has 30 heavy (non-hydrogen) atoms. The van der Waals surface area contributed by atoms with E-state index in [9.17, 15) is 4.79 Å². The molecule has 4 aromatic rings. The van der Waals surface area contributed by atoms with E-state index in [1.807, 2.05) is 55.6 Å². The maximum Gasteiger partial charge on any atom is 0.340 e. The lowest BCUT2D eigenvalue weighted by atomic mass is 10.0. The van der Waals surface area contributed by atoms with E-state index in [2.05, 4.69) is 53.9 Å². The van der Waals surface area contributed by atoms with Gasteiger partial charge in [0.25, 0.3) is 0 Å². The Morgan fingerprint density at radius 3 is 2.37 bits per heavy atom. The van der Waals surface area contributed by atoms with Gasteiger partial charge in [-0.3, -0.25) is 0 Å². The van der Waals surface area contributed by atoms with Crippen LogP contribution in [0.1, 0.15) is 45.7 Å². The fourth-order valence-corrected chi connectivity index (χ4v) is 3.97. The zero-order chi connectivity index (χ0) is 21.1. The number of benzene rings is 2. The van der Waals surface area contributed by atoms with Crippen LogP contribution in [0.3, 0.4) is 0 Å². The van der Waals surface area contributed by atoms with Crippen molar-refractivity contribution in [3.63, 3.8) is 0 Å². The lowest BCUT2D eigenvalue weighted by Gasteiger charge is -2.21. The monoisotopic (exact) mass is 398 g/mol. The minimum atomic E-state index is -0.300. The standard InChI is InChI=1S/C26H26N2O2/c1-4-30-26(29)22-17-24(28-13-9-8-12-23(22)28)25(20-10-6-5-7-11-20)27-21-15-18(2)14-19(3)16-21/h5-17,25,27H,4H2,1-3H3/t25-/m0/s1. The smallest absolute Gasteiger partial charge is 0.340 e. The molecule has 0 fully saturated rings. The van der Waals surface area contributed by atoms with Gasteiger partial charge in [-0.15, -0.1) is 0 Å². The van der Waals surface area contributed by atoms with Crippen LogP contribution in [0.5, 0.6) is 0 Å². The largest absolute Gasteiger partial charge is 0.462 e. The maximum atomic E-state index is 12.6. The van der Waals surface area contributed by atoms with E-state index >= 15 is 0 Å². The van der Waals surface area contributed by atoms with Crippen molar-refractivity contribution in [3.05, 3.63) is 107 Å². The van der Waals surface area contributed by atoms with Crippen molar-refractivity contribution in [1.29, 1.82) is 0 Å². The van der Waals surface area contributed by atoms with Gasteiger partial charge in [-0.2, -0.15) is 0 Å². The van der Waals surface area contributed by atoms with Gasteiger partial charge in [0.2, 0.25) is 0 Å². The van der Waals surface area contributed by atoms with Crippen molar-refractivity contribution >= 4 is 17.2 Å². The Labute approximate surface area is 177 Å². The van der Waals surface area contributed by atoms with Crippen LogP contribution in [0.25, 0.3) is 5.52 Å². The van der Waals surface area contributed by atoms with E-state index in [0.717, 1.165) is 22.5 Å². The Hall–Kier alpha value is -3.53. The molecule has 0 saturated heterocycles. The number of esters is 1. The molecule has 1 N–H and O–H groups in total. The summed E-state index contributed by atoms with van der Waals surface area (Å²) < 4.78 is 7.38. The predicted molar refractivity (Wildman–Crippen MR) is 121 cm³/mol. The van der Waals surface area contributed by atoms with Gasteiger partial charge in [-0.05, 0) is 67.8 Å². The summed E-state index contributed by atoms with van der Waals surface area (Å²) in [6.07, 6.45) is 1.99. The van der Waals surface area contributed by atoms with Gasteiger partial charge in [-0.1, -0.05) is 42.5 Å². The highest BCUT2D eigenvalue weighted by Gasteiger charge is 2.23. The van der Waals surface area contributed by atoms with Crippen LogP contribution in [0.2, 0.25) is 0 Å². The number of aromatic nitrogens is 1. The zero-order valence-corrected chi connectivity index (χ0v) is 17.6. The third-order valence-corrected chi connectivity index (χ3v) is 5.16. The lowest BCUT2D eigenvalue weighted by molar-refractivity contribution is 0.0528. The van der Waals surface area contributed by atoms with Crippen LogP contribution in [0.15, 0.2) is 79.0 Å². The minimum Gasteiger partial charge on any atom is -0.462 e. The first-order valence-corrected chi connectivity index (χ1v) is 10.2. The van der Waals surface area contributed by atoms with Gasteiger partial charge < -0.3 is 14.5 Å². The topological polar surface area (TPSA) is 42.7 Å². The Kier molecular flexibility index (Phi) is 5.57. The van der Waals surface area contributed by atoms with E-state index in [1.165, 1.54) is 11.1 Å². The molecule has 1 atom stereocenters. The molecule has 0 radical (unpaired) electrons. The first-order valence-electron chi connectivity index (χ1n) is 10.2. The fraction of sp³-hybridized carbons (Fsp3) is 0.192. The average molecular weight is 399 g/mol. The minimum absolute atomic E-state index is 0.134. The molecule has 0 aliphatic rings. The van der Waals surface area contributed by atoms with Gasteiger partial charge in [-0.25, -0.2) is 4.79 Å². The number of ether oxygens (including phenoxy) is 1. The first kappa shape index (κ1) is 19.8. The number of hydrogen-bond acceptors (Lipinski definition) is 3. The highest BCUT2D eigenvalue weighted by Crippen LogP contribution is 2.31. The number of anilines is 1. The normalized spacial score (nSPS) is 12.0. The number of rotatable bonds is 6. The van der Waals surface area contributed by atoms with E-state index in [-0.39, 0.29) is 12.0 Å². The highest BCUT2D eigenvalue weighted by molar-refractivity contribution is 5.97. The summed E-state index contributed by atoms with van der Waals surface area (Å²) >= 11 is 0. The lowest BCUT2D eigenvalue weighted by Crippen LogP contribution is -2.14. The molecule has 2 heterocycles. The molecular formula is C26H26N2O2. The maximum absolute atomic E-state index is 12.6. The number of nitrogens with zero attached hydrogens (tertiary/aromatic N) is 1. The Morgan fingerprint density at radius 2 is 1.67 bits per heavy atom. The van der Waals surface area contributed by atoms with Crippen molar-refractivity contribution in [1.82, 2.24) is 4.40 Å². The number of nitrogens with one attached hydrogen (secondary N) is 1. The van der Waals surface area contributed by atoms with Crippen LogP contribution < -0.4 is 5.32 Å². The zero-order valence-electron chi connectivity index (χ0n) is 17.6. The summed E-state index contributed by atoms with van der Waals surface area (Å²) in [4.78, 5) is 12.6. The van der Waals surface area contributed by atoms with Gasteiger partial charge in [0.15, 0.2) is 0 Å². The van der Waals surface area contributed by atoms with Gasteiger partial charge in [0.05, 0.1) is 29.4 Å². The number of hydrogen-bond donors (Lipinski definition) is 1. The van der Waals surface area contributed by atoms with E-state index in [1.54, 1.807) is 0 Å².